The highest BCUT2D eigenvalue weighted by atomic mass is 16.2. The summed E-state index contributed by atoms with van der Waals surface area (Å²) >= 11 is 0. The van der Waals surface area contributed by atoms with Crippen LogP contribution in [-0.4, -0.2) is 34.6 Å². The lowest BCUT2D eigenvalue weighted by molar-refractivity contribution is -0.118. The molecule has 6 nitrogen and oxygen atoms in total. The fraction of sp³-hybridized carbons (Fsp3) is 0.312. The largest absolute Gasteiger partial charge is 0.340 e. The van der Waals surface area contributed by atoms with Gasteiger partial charge in [0.25, 0.3) is 5.91 Å². The Morgan fingerprint density at radius 3 is 2.68 bits per heavy atom. The average molecular weight is 298 g/mol. The Morgan fingerprint density at radius 1 is 1.32 bits per heavy atom. The van der Waals surface area contributed by atoms with Crippen molar-refractivity contribution in [3.8, 4) is 0 Å². The summed E-state index contributed by atoms with van der Waals surface area (Å²) in [6.45, 7) is 4.39. The first kappa shape index (κ1) is 14.3. The minimum atomic E-state index is -0.483. The number of H-pyrrole nitrogens is 1. The van der Waals surface area contributed by atoms with Crippen molar-refractivity contribution in [3.63, 3.8) is 0 Å². The predicted octanol–water partition coefficient (Wildman–Crippen LogP) is 1.56. The Morgan fingerprint density at radius 2 is 2.05 bits per heavy atom. The molecule has 0 radical (unpaired) electrons. The molecule has 0 spiro atoms. The van der Waals surface area contributed by atoms with Crippen LogP contribution in [0.3, 0.4) is 0 Å². The molecule has 1 saturated heterocycles. The van der Waals surface area contributed by atoms with Gasteiger partial charge in [0.2, 0.25) is 5.91 Å². The number of carbonyl (C=O) groups is 2. The quantitative estimate of drug-likeness (QED) is 0.902. The molecule has 0 aliphatic carbocycles. The van der Waals surface area contributed by atoms with E-state index >= 15 is 0 Å². The third-order valence-corrected chi connectivity index (χ3v) is 3.93. The van der Waals surface area contributed by atoms with Crippen molar-refractivity contribution >= 4 is 17.5 Å². The summed E-state index contributed by atoms with van der Waals surface area (Å²) in [5.41, 5.74) is 3.18. The Labute approximate surface area is 128 Å². The maximum atomic E-state index is 12.5. The molecule has 1 aliphatic rings. The van der Waals surface area contributed by atoms with Crippen LogP contribution in [0.5, 0.6) is 0 Å². The lowest BCUT2D eigenvalue weighted by Gasteiger charge is -2.17. The normalized spacial score (nSPS) is 17.8. The molecule has 0 saturated carbocycles. The third-order valence-electron chi connectivity index (χ3n) is 3.93. The van der Waals surface area contributed by atoms with Gasteiger partial charge in [0.05, 0.1) is 11.8 Å². The Bertz CT molecular complexity index is 705. The first-order valence-corrected chi connectivity index (χ1v) is 7.25. The molecule has 3 rings (SSSR count). The zero-order chi connectivity index (χ0) is 15.7. The molecule has 1 atom stereocenters. The fourth-order valence-electron chi connectivity index (χ4n) is 2.61. The molecule has 6 heteroatoms. The van der Waals surface area contributed by atoms with Crippen LogP contribution in [0.1, 0.15) is 28.0 Å². The van der Waals surface area contributed by atoms with Crippen molar-refractivity contribution in [3.05, 3.63) is 47.3 Å². The molecule has 2 N–H and O–H groups in total. The van der Waals surface area contributed by atoms with Gasteiger partial charge in [-0.2, -0.15) is 5.10 Å². The number of hydrogen-bond donors (Lipinski definition) is 2. The lowest BCUT2D eigenvalue weighted by atomic mass is 10.2. The molecule has 2 amide bonds. The number of carbonyl (C=O) groups excluding carboxylic acids is 2. The van der Waals surface area contributed by atoms with Gasteiger partial charge >= 0.3 is 0 Å². The molecule has 1 fully saturated rings. The molecule has 0 bridgehead atoms. The van der Waals surface area contributed by atoms with E-state index in [9.17, 15) is 9.59 Å². The maximum Gasteiger partial charge on any atom is 0.255 e. The highest BCUT2D eigenvalue weighted by molar-refractivity contribution is 6.04. The second-order valence-corrected chi connectivity index (χ2v) is 5.55. The molecule has 0 unspecified atom stereocenters. The Balaban J connectivity index is 1.70. The van der Waals surface area contributed by atoms with Crippen molar-refractivity contribution in [1.82, 2.24) is 15.5 Å². The van der Waals surface area contributed by atoms with Crippen LogP contribution >= 0.6 is 0 Å². The molecular formula is C16H18N4O2. The number of amides is 2. The number of aromatic nitrogens is 2. The van der Waals surface area contributed by atoms with Crippen LogP contribution in [0.4, 0.5) is 5.69 Å². The topological polar surface area (TPSA) is 78.1 Å². The van der Waals surface area contributed by atoms with Gasteiger partial charge in [-0.25, -0.2) is 0 Å². The van der Waals surface area contributed by atoms with Crippen molar-refractivity contribution < 1.29 is 9.59 Å². The summed E-state index contributed by atoms with van der Waals surface area (Å²) in [7, 11) is 0. The summed E-state index contributed by atoms with van der Waals surface area (Å²) in [5, 5.41) is 9.34. The second kappa shape index (κ2) is 5.63. The minimum Gasteiger partial charge on any atom is -0.340 e. The number of aryl methyl sites for hydroxylation is 2. The number of nitrogens with zero attached hydrogens (tertiary/aromatic N) is 2. The van der Waals surface area contributed by atoms with E-state index in [4.69, 9.17) is 0 Å². The highest BCUT2D eigenvalue weighted by Gasteiger charge is 2.34. The number of anilines is 1. The van der Waals surface area contributed by atoms with Gasteiger partial charge in [-0.05, 0) is 32.4 Å². The first-order valence-electron chi connectivity index (χ1n) is 7.25. The van der Waals surface area contributed by atoms with E-state index < -0.39 is 6.04 Å². The fourth-order valence-corrected chi connectivity index (χ4v) is 2.61. The van der Waals surface area contributed by atoms with Crippen molar-refractivity contribution in [2.45, 2.75) is 26.3 Å². The van der Waals surface area contributed by atoms with Gasteiger partial charge in [0, 0.05) is 17.9 Å². The van der Waals surface area contributed by atoms with E-state index in [1.807, 2.05) is 31.2 Å². The van der Waals surface area contributed by atoms with Gasteiger partial charge in [0.15, 0.2) is 0 Å². The van der Waals surface area contributed by atoms with Gasteiger partial charge in [0.1, 0.15) is 6.04 Å². The SMILES string of the molecule is Cc1ccc(N2CC[C@H](NC(=O)c3cn[nH]c3C)C2=O)cc1. The number of hydrogen-bond acceptors (Lipinski definition) is 3. The molecule has 114 valence electrons. The van der Waals surface area contributed by atoms with Crippen molar-refractivity contribution in [2.24, 2.45) is 0 Å². The van der Waals surface area contributed by atoms with E-state index in [1.165, 1.54) is 6.20 Å². The van der Waals surface area contributed by atoms with Crippen molar-refractivity contribution in [2.75, 3.05) is 11.4 Å². The summed E-state index contributed by atoms with van der Waals surface area (Å²) in [6, 6.07) is 7.32. The Hall–Kier alpha value is -2.63. The number of benzene rings is 1. The lowest BCUT2D eigenvalue weighted by Crippen LogP contribution is -2.41. The monoisotopic (exact) mass is 298 g/mol. The van der Waals surface area contributed by atoms with E-state index in [0.29, 0.717) is 24.2 Å². The molecule has 2 aromatic rings. The zero-order valence-corrected chi connectivity index (χ0v) is 12.6. The van der Waals surface area contributed by atoms with Crippen LogP contribution in [0, 0.1) is 13.8 Å². The molecule has 1 aromatic carbocycles. The van der Waals surface area contributed by atoms with Gasteiger partial charge in [-0.15, -0.1) is 0 Å². The highest BCUT2D eigenvalue weighted by Crippen LogP contribution is 2.22. The summed E-state index contributed by atoms with van der Waals surface area (Å²) < 4.78 is 0. The zero-order valence-electron chi connectivity index (χ0n) is 12.6. The van der Waals surface area contributed by atoms with Crippen molar-refractivity contribution in [1.29, 1.82) is 0 Å². The predicted molar refractivity (Wildman–Crippen MR) is 82.7 cm³/mol. The maximum absolute atomic E-state index is 12.5. The van der Waals surface area contributed by atoms with Gasteiger partial charge < -0.3 is 10.2 Å². The first-order chi connectivity index (χ1) is 10.6. The van der Waals surface area contributed by atoms with Gasteiger partial charge in [-0.3, -0.25) is 14.7 Å². The summed E-state index contributed by atoms with van der Waals surface area (Å²) in [6.07, 6.45) is 2.08. The van der Waals surface area contributed by atoms with Crippen LogP contribution in [0.15, 0.2) is 30.5 Å². The van der Waals surface area contributed by atoms with Crippen LogP contribution in [0.25, 0.3) is 0 Å². The van der Waals surface area contributed by atoms with Crippen LogP contribution in [0.2, 0.25) is 0 Å². The smallest absolute Gasteiger partial charge is 0.255 e. The van der Waals surface area contributed by atoms with E-state index in [0.717, 1.165) is 11.3 Å². The third kappa shape index (κ3) is 2.59. The number of aromatic amines is 1. The average Bonchev–Trinajstić information content (AvgIpc) is 3.07. The second-order valence-electron chi connectivity index (χ2n) is 5.55. The number of nitrogens with one attached hydrogen (secondary N) is 2. The minimum absolute atomic E-state index is 0.0710. The van der Waals surface area contributed by atoms with E-state index in [-0.39, 0.29) is 11.8 Å². The molecular weight excluding hydrogens is 280 g/mol. The summed E-state index contributed by atoms with van der Waals surface area (Å²) in [5.74, 6) is -0.339. The summed E-state index contributed by atoms with van der Waals surface area (Å²) in [4.78, 5) is 26.4. The van der Waals surface area contributed by atoms with E-state index in [1.54, 1.807) is 11.8 Å². The molecule has 22 heavy (non-hydrogen) atoms. The molecule has 1 aromatic heterocycles. The van der Waals surface area contributed by atoms with E-state index in [2.05, 4.69) is 15.5 Å². The Kier molecular flexibility index (Phi) is 3.66. The number of rotatable bonds is 3. The standard InChI is InChI=1S/C16H18N4O2/c1-10-3-5-12(6-4-10)20-8-7-14(16(20)22)18-15(21)13-9-17-19-11(13)2/h3-6,9,14H,7-8H2,1-2H3,(H,17,19)(H,18,21)/t14-/m0/s1. The van der Waals surface area contributed by atoms with Gasteiger partial charge in [-0.1, -0.05) is 17.7 Å². The molecule has 1 aliphatic heterocycles. The van der Waals surface area contributed by atoms with Crippen LogP contribution < -0.4 is 10.2 Å². The van der Waals surface area contributed by atoms with Crippen LogP contribution in [-0.2, 0) is 4.79 Å². The molecule has 2 heterocycles.